The van der Waals surface area contributed by atoms with Crippen LogP contribution < -0.4 is 31.4 Å². The van der Waals surface area contributed by atoms with Crippen LogP contribution in [-0.4, -0.2) is 24.5 Å². The number of benzene rings is 2. The van der Waals surface area contributed by atoms with Gasteiger partial charge in [-0.3, -0.25) is 19.8 Å². The molecule has 1 heterocycles. The molecule has 0 atom stereocenters. The molecular formula is C19H18N4O5. The van der Waals surface area contributed by atoms with Crippen LogP contribution in [0.3, 0.4) is 0 Å². The van der Waals surface area contributed by atoms with Gasteiger partial charge in [-0.25, -0.2) is 5.84 Å². The molecule has 1 aliphatic heterocycles. The van der Waals surface area contributed by atoms with Crippen LogP contribution in [0.4, 0.5) is 5.69 Å². The maximum atomic E-state index is 12.5. The van der Waals surface area contributed by atoms with Crippen molar-refractivity contribution in [2.75, 3.05) is 12.1 Å². The quantitative estimate of drug-likeness (QED) is 0.265. The lowest BCUT2D eigenvalue weighted by molar-refractivity contribution is -0.117. The lowest BCUT2D eigenvalue weighted by Crippen LogP contribution is -2.38. The van der Waals surface area contributed by atoms with Gasteiger partial charge in [-0.1, -0.05) is 6.07 Å². The molecule has 2 aromatic rings. The number of anilines is 1. The molecule has 144 valence electrons. The van der Waals surface area contributed by atoms with Crippen LogP contribution >= 0.6 is 0 Å². The lowest BCUT2D eigenvalue weighted by Gasteiger charge is -2.10. The number of hydrazine groups is 1. The van der Waals surface area contributed by atoms with E-state index in [2.05, 4.69) is 10.6 Å². The van der Waals surface area contributed by atoms with Gasteiger partial charge in [0.2, 0.25) is 12.7 Å². The van der Waals surface area contributed by atoms with E-state index in [4.69, 9.17) is 15.3 Å². The van der Waals surface area contributed by atoms with Crippen molar-refractivity contribution in [1.29, 1.82) is 0 Å². The van der Waals surface area contributed by atoms with Crippen LogP contribution in [0.25, 0.3) is 6.08 Å². The zero-order valence-corrected chi connectivity index (χ0v) is 14.9. The number of nitrogens with one attached hydrogen (secondary N) is 3. The Bertz CT molecular complexity index is 953. The zero-order valence-electron chi connectivity index (χ0n) is 14.9. The maximum Gasteiger partial charge on any atom is 0.281 e. The minimum Gasteiger partial charge on any atom is -0.454 e. The van der Waals surface area contributed by atoms with Gasteiger partial charge in [0.25, 0.3) is 11.8 Å². The number of rotatable bonds is 5. The standard InChI is InChI=1S/C19H18N4O5/c1-11(24)21-14-5-3-13(4-6-14)18(25)22-15(19(26)23-20)8-12-2-7-16-17(9-12)28-10-27-16/h2-9H,10,20H2,1H3,(H,21,24)(H,22,25)(H,23,26)/b15-8+. The Morgan fingerprint density at radius 2 is 1.75 bits per heavy atom. The molecule has 1 aliphatic rings. The second-order valence-corrected chi connectivity index (χ2v) is 5.86. The first-order valence-electron chi connectivity index (χ1n) is 8.27. The van der Waals surface area contributed by atoms with Crippen LogP contribution in [-0.2, 0) is 9.59 Å². The molecule has 0 spiro atoms. The van der Waals surface area contributed by atoms with Crippen LogP contribution in [0, 0.1) is 0 Å². The van der Waals surface area contributed by atoms with E-state index in [0.29, 0.717) is 28.3 Å². The number of nitrogens with two attached hydrogens (primary N) is 1. The molecule has 0 aliphatic carbocycles. The number of fused-ring (bicyclic) bond motifs is 1. The summed E-state index contributed by atoms with van der Waals surface area (Å²) in [4.78, 5) is 35.6. The highest BCUT2D eigenvalue weighted by molar-refractivity contribution is 6.05. The molecule has 9 nitrogen and oxygen atoms in total. The van der Waals surface area contributed by atoms with Gasteiger partial charge < -0.3 is 20.1 Å². The van der Waals surface area contributed by atoms with Crippen LogP contribution in [0.15, 0.2) is 48.2 Å². The summed E-state index contributed by atoms with van der Waals surface area (Å²) in [6, 6.07) is 11.3. The normalized spacial score (nSPS) is 12.3. The number of carbonyl (C=O) groups is 3. The van der Waals surface area contributed by atoms with Gasteiger partial charge in [-0.2, -0.15) is 0 Å². The zero-order chi connectivity index (χ0) is 20.1. The maximum absolute atomic E-state index is 12.5. The summed E-state index contributed by atoms with van der Waals surface area (Å²) < 4.78 is 10.5. The topological polar surface area (TPSA) is 132 Å². The molecule has 0 unspecified atom stereocenters. The first kappa shape index (κ1) is 18.9. The minimum atomic E-state index is -0.666. The van der Waals surface area contributed by atoms with Crippen molar-refractivity contribution >= 4 is 29.5 Å². The lowest BCUT2D eigenvalue weighted by atomic mass is 10.1. The molecule has 0 fully saturated rings. The van der Waals surface area contributed by atoms with Crippen molar-refractivity contribution in [3.8, 4) is 11.5 Å². The summed E-state index contributed by atoms with van der Waals surface area (Å²) in [7, 11) is 0. The highest BCUT2D eigenvalue weighted by Gasteiger charge is 2.16. The Kier molecular flexibility index (Phi) is 5.56. The smallest absolute Gasteiger partial charge is 0.281 e. The highest BCUT2D eigenvalue weighted by atomic mass is 16.7. The van der Waals surface area contributed by atoms with E-state index in [1.54, 1.807) is 30.3 Å². The van der Waals surface area contributed by atoms with E-state index >= 15 is 0 Å². The number of hydrogen-bond acceptors (Lipinski definition) is 6. The summed E-state index contributed by atoms with van der Waals surface area (Å²) in [5, 5.41) is 5.14. The molecule has 0 saturated carbocycles. The molecule has 9 heteroatoms. The Labute approximate surface area is 160 Å². The Hall–Kier alpha value is -3.85. The summed E-state index contributed by atoms with van der Waals surface area (Å²) in [5.74, 6) is 4.97. The average Bonchev–Trinajstić information content (AvgIpc) is 3.14. The van der Waals surface area contributed by atoms with Crippen LogP contribution in [0.2, 0.25) is 0 Å². The summed E-state index contributed by atoms with van der Waals surface area (Å²) >= 11 is 0. The molecule has 3 amide bonds. The Morgan fingerprint density at radius 1 is 1.04 bits per heavy atom. The molecular weight excluding hydrogens is 364 g/mol. The van der Waals surface area contributed by atoms with E-state index in [9.17, 15) is 14.4 Å². The molecule has 2 aromatic carbocycles. The van der Waals surface area contributed by atoms with Crippen molar-refractivity contribution in [2.24, 2.45) is 5.84 Å². The number of hydrogen-bond donors (Lipinski definition) is 4. The second-order valence-electron chi connectivity index (χ2n) is 5.86. The summed E-state index contributed by atoms with van der Waals surface area (Å²) in [6.07, 6.45) is 1.47. The molecule has 5 N–H and O–H groups in total. The predicted octanol–water partition coefficient (Wildman–Crippen LogP) is 1.13. The molecule has 3 rings (SSSR count). The van der Waals surface area contributed by atoms with Gasteiger partial charge in [0, 0.05) is 18.2 Å². The van der Waals surface area contributed by atoms with E-state index in [-0.39, 0.29) is 18.4 Å². The summed E-state index contributed by atoms with van der Waals surface area (Å²) in [6.45, 7) is 1.52. The highest BCUT2D eigenvalue weighted by Crippen LogP contribution is 2.33. The van der Waals surface area contributed by atoms with Gasteiger partial charge in [0.15, 0.2) is 11.5 Å². The van der Waals surface area contributed by atoms with Crippen molar-refractivity contribution in [1.82, 2.24) is 10.7 Å². The third-order valence-corrected chi connectivity index (χ3v) is 3.80. The Balaban J connectivity index is 1.79. The fourth-order valence-corrected chi connectivity index (χ4v) is 2.51. The third-order valence-electron chi connectivity index (χ3n) is 3.80. The van der Waals surface area contributed by atoms with Gasteiger partial charge in [0.1, 0.15) is 5.70 Å². The van der Waals surface area contributed by atoms with E-state index in [1.165, 1.54) is 25.1 Å². The molecule has 0 bridgehead atoms. The largest absolute Gasteiger partial charge is 0.454 e. The molecule has 0 aromatic heterocycles. The molecule has 28 heavy (non-hydrogen) atoms. The number of ether oxygens (including phenoxy) is 2. The summed E-state index contributed by atoms with van der Waals surface area (Å²) in [5.41, 5.74) is 3.43. The second kappa shape index (κ2) is 8.23. The first-order valence-corrected chi connectivity index (χ1v) is 8.27. The van der Waals surface area contributed by atoms with Crippen molar-refractivity contribution in [2.45, 2.75) is 6.92 Å². The van der Waals surface area contributed by atoms with Gasteiger partial charge in [-0.15, -0.1) is 0 Å². The van der Waals surface area contributed by atoms with E-state index in [0.717, 1.165) is 0 Å². The average molecular weight is 382 g/mol. The van der Waals surface area contributed by atoms with Gasteiger partial charge in [-0.05, 0) is 48.0 Å². The number of carbonyl (C=O) groups excluding carboxylic acids is 3. The van der Waals surface area contributed by atoms with Gasteiger partial charge in [0.05, 0.1) is 0 Å². The van der Waals surface area contributed by atoms with Crippen molar-refractivity contribution in [3.05, 3.63) is 59.3 Å². The fraction of sp³-hybridized carbons (Fsp3) is 0.105. The third kappa shape index (κ3) is 4.46. The van der Waals surface area contributed by atoms with E-state index < -0.39 is 11.8 Å². The fourth-order valence-electron chi connectivity index (χ4n) is 2.51. The number of amides is 3. The monoisotopic (exact) mass is 382 g/mol. The van der Waals surface area contributed by atoms with Gasteiger partial charge >= 0.3 is 0 Å². The first-order chi connectivity index (χ1) is 13.5. The Morgan fingerprint density at radius 3 is 2.43 bits per heavy atom. The predicted molar refractivity (Wildman–Crippen MR) is 101 cm³/mol. The van der Waals surface area contributed by atoms with E-state index in [1.807, 2.05) is 5.43 Å². The van der Waals surface area contributed by atoms with Crippen LogP contribution in [0.5, 0.6) is 11.5 Å². The van der Waals surface area contributed by atoms with Crippen molar-refractivity contribution < 1.29 is 23.9 Å². The molecule has 0 saturated heterocycles. The minimum absolute atomic E-state index is 0.0442. The van der Waals surface area contributed by atoms with Crippen LogP contribution in [0.1, 0.15) is 22.8 Å². The molecule has 0 radical (unpaired) electrons. The van der Waals surface area contributed by atoms with Crippen molar-refractivity contribution in [3.63, 3.8) is 0 Å². The SMILES string of the molecule is CC(=O)Nc1ccc(C(=O)N/C(=C/c2ccc3c(c2)OCO3)C(=O)NN)cc1.